The number of ether oxygens (including phenoxy) is 1. The van der Waals surface area contributed by atoms with Crippen molar-refractivity contribution in [1.82, 2.24) is 0 Å². The lowest BCUT2D eigenvalue weighted by Crippen LogP contribution is -2.18. The van der Waals surface area contributed by atoms with Crippen molar-refractivity contribution in [2.24, 2.45) is 0 Å². The first-order chi connectivity index (χ1) is 12.2. The summed E-state index contributed by atoms with van der Waals surface area (Å²) in [4.78, 5) is -0.670. The van der Waals surface area contributed by atoms with E-state index in [2.05, 4.69) is 4.74 Å². The van der Waals surface area contributed by atoms with Crippen LogP contribution in [0.2, 0.25) is 0 Å². The van der Waals surface area contributed by atoms with E-state index in [-0.39, 0.29) is 12.1 Å². The van der Waals surface area contributed by atoms with Gasteiger partial charge in [-0.2, -0.15) is 13.2 Å². The summed E-state index contributed by atoms with van der Waals surface area (Å²) in [6, 6.07) is 2.39. The number of hydrogen-bond acceptors (Lipinski definition) is 3. The first-order valence-corrected chi connectivity index (χ1v) is 8.12. The van der Waals surface area contributed by atoms with Crippen LogP contribution in [0.3, 0.4) is 0 Å². The molecule has 4 nitrogen and oxygen atoms in total. The molecule has 0 aliphatic rings. The Bertz CT molecular complexity index is 937. The Morgan fingerprint density at radius 3 is 1.89 bits per heavy atom. The Kier molecular flexibility index (Phi) is 5.27. The van der Waals surface area contributed by atoms with Crippen LogP contribution in [0.25, 0.3) is 0 Å². The molecule has 0 aliphatic carbocycles. The Balaban J connectivity index is 2.30. The molecule has 2 rings (SSSR count). The van der Waals surface area contributed by atoms with Crippen molar-refractivity contribution in [3.63, 3.8) is 0 Å². The molecule has 13 heteroatoms. The normalized spacial score (nSPS) is 12.7. The van der Waals surface area contributed by atoms with Crippen LogP contribution < -0.4 is 9.46 Å². The van der Waals surface area contributed by atoms with Crippen LogP contribution in [0.4, 0.5) is 40.8 Å². The summed E-state index contributed by atoms with van der Waals surface area (Å²) in [6.07, 6.45) is -10.2. The standard InChI is InChI=1S/C14H7F8NO3S/c15-10-6-12(11(16)5-9(10)13(17,18)19)23-27(24,25)8-3-1-7(2-4-8)26-14(20,21)22/h1-6,23H. The van der Waals surface area contributed by atoms with Gasteiger partial charge in [0, 0.05) is 6.07 Å². The molecule has 0 fully saturated rings. The molecule has 0 unspecified atom stereocenters. The summed E-state index contributed by atoms with van der Waals surface area (Å²) < 4.78 is 130. The molecule has 0 aromatic heterocycles. The number of nitrogens with one attached hydrogen (secondary N) is 1. The Morgan fingerprint density at radius 1 is 0.852 bits per heavy atom. The molecular formula is C14H7F8NO3S. The first kappa shape index (κ1) is 20.7. The van der Waals surface area contributed by atoms with Gasteiger partial charge in [0.05, 0.1) is 16.1 Å². The quantitative estimate of drug-likeness (QED) is 0.730. The van der Waals surface area contributed by atoms with Gasteiger partial charge in [0.15, 0.2) is 0 Å². The van der Waals surface area contributed by atoms with E-state index in [4.69, 9.17) is 0 Å². The van der Waals surface area contributed by atoms with Gasteiger partial charge in [0.2, 0.25) is 0 Å². The van der Waals surface area contributed by atoms with Crippen LogP contribution in [-0.2, 0) is 16.2 Å². The van der Waals surface area contributed by atoms with Crippen LogP contribution in [0.15, 0.2) is 41.3 Å². The number of anilines is 1. The maximum atomic E-state index is 13.7. The van der Waals surface area contributed by atoms with Crippen molar-refractivity contribution in [1.29, 1.82) is 0 Å². The SMILES string of the molecule is O=S(=O)(Nc1cc(F)c(C(F)(F)F)cc1F)c1ccc(OC(F)(F)F)cc1. The second-order valence-electron chi connectivity index (χ2n) is 4.93. The Labute approximate surface area is 146 Å². The van der Waals surface area contributed by atoms with Crippen LogP contribution in [0.5, 0.6) is 5.75 Å². The van der Waals surface area contributed by atoms with Crippen molar-refractivity contribution in [2.45, 2.75) is 17.4 Å². The van der Waals surface area contributed by atoms with Gasteiger partial charge < -0.3 is 4.74 Å². The molecule has 0 bridgehead atoms. The van der Waals surface area contributed by atoms with E-state index < -0.39 is 56.1 Å². The summed E-state index contributed by atoms with van der Waals surface area (Å²) in [7, 11) is -4.64. The molecule has 27 heavy (non-hydrogen) atoms. The summed E-state index contributed by atoms with van der Waals surface area (Å²) in [6.45, 7) is 0. The van der Waals surface area contributed by atoms with E-state index in [0.717, 1.165) is 0 Å². The minimum atomic E-state index is -5.20. The summed E-state index contributed by atoms with van der Waals surface area (Å²) in [5.74, 6) is -4.37. The van der Waals surface area contributed by atoms with Crippen LogP contribution in [0.1, 0.15) is 5.56 Å². The first-order valence-electron chi connectivity index (χ1n) is 6.64. The van der Waals surface area contributed by atoms with E-state index in [0.29, 0.717) is 24.3 Å². The molecule has 0 saturated carbocycles. The second kappa shape index (κ2) is 6.87. The number of hydrogen-bond donors (Lipinski definition) is 1. The van der Waals surface area contributed by atoms with Gasteiger partial charge in [-0.05, 0) is 30.3 Å². The van der Waals surface area contributed by atoms with Crippen molar-refractivity contribution in [2.75, 3.05) is 4.72 Å². The number of sulfonamides is 1. The third kappa shape index (κ3) is 5.21. The van der Waals surface area contributed by atoms with Gasteiger partial charge in [-0.25, -0.2) is 17.2 Å². The van der Waals surface area contributed by atoms with Crippen molar-refractivity contribution < 1.29 is 48.3 Å². The summed E-state index contributed by atoms with van der Waals surface area (Å²) in [5, 5.41) is 0. The lowest BCUT2D eigenvalue weighted by atomic mass is 10.2. The average Bonchev–Trinajstić information content (AvgIpc) is 2.48. The van der Waals surface area contributed by atoms with Crippen LogP contribution in [-0.4, -0.2) is 14.8 Å². The Morgan fingerprint density at radius 2 is 1.41 bits per heavy atom. The van der Waals surface area contributed by atoms with E-state index in [1.54, 1.807) is 0 Å². The van der Waals surface area contributed by atoms with E-state index in [9.17, 15) is 43.5 Å². The molecule has 2 aromatic carbocycles. The molecule has 0 radical (unpaired) electrons. The monoisotopic (exact) mass is 421 g/mol. The maximum Gasteiger partial charge on any atom is 0.573 e. The number of rotatable bonds is 4. The van der Waals surface area contributed by atoms with Gasteiger partial charge in [-0.15, -0.1) is 13.2 Å². The third-order valence-corrected chi connectivity index (χ3v) is 4.36. The van der Waals surface area contributed by atoms with E-state index >= 15 is 0 Å². The number of halogens is 8. The van der Waals surface area contributed by atoms with Crippen LogP contribution in [0, 0.1) is 11.6 Å². The van der Waals surface area contributed by atoms with Crippen LogP contribution >= 0.6 is 0 Å². The molecule has 0 spiro atoms. The van der Waals surface area contributed by atoms with E-state index in [1.807, 2.05) is 0 Å². The summed E-state index contributed by atoms with van der Waals surface area (Å²) >= 11 is 0. The van der Waals surface area contributed by atoms with Gasteiger partial charge >= 0.3 is 12.5 Å². The maximum absolute atomic E-state index is 13.7. The average molecular weight is 421 g/mol. The molecule has 0 atom stereocenters. The minimum Gasteiger partial charge on any atom is -0.406 e. The van der Waals surface area contributed by atoms with Crippen molar-refractivity contribution >= 4 is 15.7 Å². The molecule has 0 heterocycles. The lowest BCUT2D eigenvalue weighted by Gasteiger charge is -2.13. The third-order valence-electron chi connectivity index (χ3n) is 2.97. The zero-order chi connectivity index (χ0) is 20.6. The number of benzene rings is 2. The fourth-order valence-electron chi connectivity index (χ4n) is 1.87. The summed E-state index contributed by atoms with van der Waals surface area (Å²) in [5.41, 5.74) is -3.05. The van der Waals surface area contributed by atoms with Crippen molar-refractivity contribution in [3.8, 4) is 5.75 Å². The highest BCUT2D eigenvalue weighted by atomic mass is 32.2. The Hall–Kier alpha value is -2.57. The zero-order valence-corrected chi connectivity index (χ0v) is 13.4. The molecule has 148 valence electrons. The van der Waals surface area contributed by atoms with E-state index in [1.165, 1.54) is 4.72 Å². The lowest BCUT2D eigenvalue weighted by molar-refractivity contribution is -0.274. The molecule has 0 saturated heterocycles. The van der Waals surface area contributed by atoms with Crippen molar-refractivity contribution in [3.05, 3.63) is 53.6 Å². The fourth-order valence-corrected chi connectivity index (χ4v) is 2.92. The highest BCUT2D eigenvalue weighted by Gasteiger charge is 2.35. The molecule has 0 aliphatic heterocycles. The highest BCUT2D eigenvalue weighted by Crippen LogP contribution is 2.34. The zero-order valence-electron chi connectivity index (χ0n) is 12.6. The topological polar surface area (TPSA) is 55.4 Å². The molecule has 2 aromatic rings. The highest BCUT2D eigenvalue weighted by molar-refractivity contribution is 7.92. The predicted molar refractivity (Wildman–Crippen MR) is 75.3 cm³/mol. The molecule has 1 N–H and O–H groups in total. The van der Waals surface area contributed by atoms with Gasteiger partial charge in [0.25, 0.3) is 10.0 Å². The predicted octanol–water partition coefficient (Wildman–Crippen LogP) is 4.68. The minimum absolute atomic E-state index is 0.00314. The second-order valence-corrected chi connectivity index (χ2v) is 6.62. The largest absolute Gasteiger partial charge is 0.573 e. The fraction of sp³-hybridized carbons (Fsp3) is 0.143. The number of alkyl halides is 6. The molecule has 0 amide bonds. The van der Waals surface area contributed by atoms with Gasteiger partial charge in [-0.1, -0.05) is 0 Å². The van der Waals surface area contributed by atoms with Gasteiger partial charge in [0.1, 0.15) is 17.4 Å². The smallest absolute Gasteiger partial charge is 0.406 e. The molecular weight excluding hydrogens is 414 g/mol. The van der Waals surface area contributed by atoms with Gasteiger partial charge in [-0.3, -0.25) is 4.72 Å².